The molecule has 0 aromatic heterocycles. The van der Waals surface area contributed by atoms with E-state index in [2.05, 4.69) is 4.90 Å². The molecular weight excluding hydrogens is 381 g/mol. The molecule has 1 fully saturated rings. The van der Waals surface area contributed by atoms with Gasteiger partial charge in [-0.1, -0.05) is 30.3 Å². The molecule has 2 aromatic rings. The average Bonchev–Trinajstić information content (AvgIpc) is 2.74. The van der Waals surface area contributed by atoms with E-state index < -0.39 is 11.7 Å². The Morgan fingerprint density at radius 2 is 1.76 bits per heavy atom. The first kappa shape index (κ1) is 21.2. The molecule has 29 heavy (non-hydrogen) atoms. The highest BCUT2D eigenvalue weighted by Crippen LogP contribution is 2.37. The minimum absolute atomic E-state index is 0.141. The van der Waals surface area contributed by atoms with E-state index in [4.69, 9.17) is 4.74 Å². The standard InChI is InChI=1S/C22H25F3N2O2/c1-29-21-8-7-19(22(23,24)25)15-20(21)27-13-11-26(12-14-27)10-9-18(16-28)17-5-3-2-4-6-17/h2-8,15-16,18H,9-14H2,1H3. The first-order valence-corrected chi connectivity index (χ1v) is 9.65. The monoisotopic (exact) mass is 406 g/mol. The van der Waals surface area contributed by atoms with Crippen LogP contribution in [0, 0.1) is 0 Å². The zero-order chi connectivity index (χ0) is 20.9. The SMILES string of the molecule is COc1ccc(C(F)(F)F)cc1N1CCN(CCC(C=O)c2ccccc2)CC1. The van der Waals surface area contributed by atoms with Gasteiger partial charge in [0, 0.05) is 32.1 Å². The quantitative estimate of drug-likeness (QED) is 0.645. The van der Waals surface area contributed by atoms with Crippen molar-refractivity contribution in [3.63, 3.8) is 0 Å². The van der Waals surface area contributed by atoms with Crippen molar-refractivity contribution in [3.05, 3.63) is 59.7 Å². The number of carbonyl (C=O) groups excluding carboxylic acids is 1. The smallest absolute Gasteiger partial charge is 0.416 e. The fraction of sp³-hybridized carbons (Fsp3) is 0.409. The molecule has 0 N–H and O–H groups in total. The molecular formula is C22H25F3N2O2. The molecule has 0 radical (unpaired) electrons. The van der Waals surface area contributed by atoms with Gasteiger partial charge in [-0.25, -0.2) is 0 Å². The topological polar surface area (TPSA) is 32.8 Å². The number of hydrogen-bond acceptors (Lipinski definition) is 4. The van der Waals surface area contributed by atoms with Crippen LogP contribution >= 0.6 is 0 Å². The van der Waals surface area contributed by atoms with Crippen LogP contribution in [-0.4, -0.2) is 51.0 Å². The maximum atomic E-state index is 13.1. The molecule has 1 saturated heterocycles. The summed E-state index contributed by atoms with van der Waals surface area (Å²) in [5.74, 6) is 0.300. The van der Waals surface area contributed by atoms with Crippen molar-refractivity contribution in [1.82, 2.24) is 4.90 Å². The molecule has 1 aliphatic rings. The maximum Gasteiger partial charge on any atom is 0.416 e. The number of hydrogen-bond donors (Lipinski definition) is 0. The number of piperazine rings is 1. The number of aldehydes is 1. The summed E-state index contributed by atoms with van der Waals surface area (Å²) in [6, 6.07) is 13.3. The molecule has 0 aliphatic carbocycles. The van der Waals surface area contributed by atoms with Crippen molar-refractivity contribution in [1.29, 1.82) is 0 Å². The number of halogens is 3. The first-order chi connectivity index (χ1) is 13.9. The summed E-state index contributed by atoms with van der Waals surface area (Å²) in [7, 11) is 1.46. The number of nitrogens with zero attached hydrogens (tertiary/aromatic N) is 2. The molecule has 7 heteroatoms. The first-order valence-electron chi connectivity index (χ1n) is 9.65. The van der Waals surface area contributed by atoms with Gasteiger partial charge in [-0.15, -0.1) is 0 Å². The molecule has 0 saturated carbocycles. The number of alkyl halides is 3. The summed E-state index contributed by atoms with van der Waals surface area (Å²) >= 11 is 0. The van der Waals surface area contributed by atoms with E-state index in [-0.39, 0.29) is 5.92 Å². The minimum Gasteiger partial charge on any atom is -0.495 e. The Bertz CT molecular complexity index is 803. The van der Waals surface area contributed by atoms with Gasteiger partial charge in [0.25, 0.3) is 0 Å². The largest absolute Gasteiger partial charge is 0.495 e. The number of benzene rings is 2. The van der Waals surface area contributed by atoms with Crippen molar-refractivity contribution in [3.8, 4) is 5.75 Å². The van der Waals surface area contributed by atoms with E-state index in [0.717, 1.165) is 50.0 Å². The molecule has 1 aliphatic heterocycles. The zero-order valence-corrected chi connectivity index (χ0v) is 16.4. The lowest BCUT2D eigenvalue weighted by Crippen LogP contribution is -2.47. The summed E-state index contributed by atoms with van der Waals surface area (Å²) in [6.45, 7) is 3.43. The normalized spacial score (nSPS) is 16.5. The molecule has 1 atom stereocenters. The van der Waals surface area contributed by atoms with Crippen molar-refractivity contribution in [2.45, 2.75) is 18.5 Å². The van der Waals surface area contributed by atoms with Gasteiger partial charge in [-0.2, -0.15) is 13.2 Å². The molecule has 1 heterocycles. The molecule has 0 spiro atoms. The lowest BCUT2D eigenvalue weighted by atomic mass is 9.97. The van der Waals surface area contributed by atoms with E-state index in [1.54, 1.807) is 0 Å². The summed E-state index contributed by atoms with van der Waals surface area (Å²) < 4.78 is 44.5. The highest BCUT2D eigenvalue weighted by Gasteiger charge is 2.32. The number of rotatable bonds is 7. The number of anilines is 1. The fourth-order valence-electron chi connectivity index (χ4n) is 3.66. The Morgan fingerprint density at radius 3 is 2.34 bits per heavy atom. The van der Waals surface area contributed by atoms with E-state index in [0.29, 0.717) is 24.5 Å². The number of ether oxygens (including phenoxy) is 1. The lowest BCUT2D eigenvalue weighted by molar-refractivity contribution is -0.137. The van der Waals surface area contributed by atoms with Crippen LogP contribution in [0.15, 0.2) is 48.5 Å². The highest BCUT2D eigenvalue weighted by molar-refractivity contribution is 5.62. The Hall–Kier alpha value is -2.54. The van der Waals surface area contributed by atoms with Crippen LogP contribution in [0.1, 0.15) is 23.5 Å². The van der Waals surface area contributed by atoms with Crippen LogP contribution in [0.5, 0.6) is 5.75 Å². The molecule has 0 bridgehead atoms. The summed E-state index contributed by atoms with van der Waals surface area (Å²) in [5.41, 5.74) is 0.805. The van der Waals surface area contributed by atoms with Gasteiger partial charge < -0.3 is 14.4 Å². The second-order valence-electron chi connectivity index (χ2n) is 7.16. The van der Waals surface area contributed by atoms with Crippen LogP contribution in [0.4, 0.5) is 18.9 Å². The van der Waals surface area contributed by atoms with Crippen molar-refractivity contribution < 1.29 is 22.7 Å². The minimum atomic E-state index is -4.38. The van der Waals surface area contributed by atoms with Crippen LogP contribution in [0.3, 0.4) is 0 Å². The van der Waals surface area contributed by atoms with Crippen LogP contribution in [-0.2, 0) is 11.0 Å². The van der Waals surface area contributed by atoms with Gasteiger partial charge in [0.15, 0.2) is 0 Å². The third-order valence-electron chi connectivity index (χ3n) is 5.37. The van der Waals surface area contributed by atoms with Gasteiger partial charge in [0.1, 0.15) is 12.0 Å². The summed E-state index contributed by atoms with van der Waals surface area (Å²) in [6.07, 6.45) is -2.68. The third kappa shape index (κ3) is 5.29. The Kier molecular flexibility index (Phi) is 6.79. The fourth-order valence-corrected chi connectivity index (χ4v) is 3.66. The molecule has 0 amide bonds. The van der Waals surface area contributed by atoms with E-state index >= 15 is 0 Å². The maximum absolute atomic E-state index is 13.1. The zero-order valence-electron chi connectivity index (χ0n) is 16.4. The number of carbonyl (C=O) groups is 1. The second kappa shape index (κ2) is 9.31. The van der Waals surface area contributed by atoms with Crippen molar-refractivity contribution >= 4 is 12.0 Å². The van der Waals surface area contributed by atoms with Crippen molar-refractivity contribution in [2.24, 2.45) is 0 Å². The Morgan fingerprint density at radius 1 is 1.07 bits per heavy atom. The predicted octanol–water partition coefficient (Wildman–Crippen LogP) is 4.21. The van der Waals surface area contributed by atoms with Gasteiger partial charge >= 0.3 is 6.18 Å². The summed E-state index contributed by atoms with van der Waals surface area (Å²) in [4.78, 5) is 15.6. The van der Waals surface area contributed by atoms with E-state index in [1.165, 1.54) is 13.2 Å². The van der Waals surface area contributed by atoms with Gasteiger partial charge in [-0.05, 0) is 36.7 Å². The molecule has 4 nitrogen and oxygen atoms in total. The summed E-state index contributed by atoms with van der Waals surface area (Å²) in [5, 5.41) is 0. The molecule has 3 rings (SSSR count). The molecule has 1 unspecified atom stereocenters. The Balaban J connectivity index is 1.60. The molecule has 2 aromatic carbocycles. The van der Waals surface area contributed by atoms with Crippen molar-refractivity contribution in [2.75, 3.05) is 44.7 Å². The van der Waals surface area contributed by atoms with E-state index in [9.17, 15) is 18.0 Å². The third-order valence-corrected chi connectivity index (χ3v) is 5.37. The number of methoxy groups -OCH3 is 1. The lowest BCUT2D eigenvalue weighted by Gasteiger charge is -2.37. The van der Waals surface area contributed by atoms with Gasteiger partial charge in [-0.3, -0.25) is 4.90 Å². The predicted molar refractivity (Wildman–Crippen MR) is 107 cm³/mol. The van der Waals surface area contributed by atoms with Gasteiger partial charge in [0.2, 0.25) is 0 Å². The van der Waals surface area contributed by atoms with E-state index in [1.807, 2.05) is 35.2 Å². The Labute approximate surface area is 168 Å². The van der Waals surface area contributed by atoms with Crippen LogP contribution in [0.2, 0.25) is 0 Å². The van der Waals surface area contributed by atoms with Crippen LogP contribution in [0.25, 0.3) is 0 Å². The second-order valence-corrected chi connectivity index (χ2v) is 7.16. The van der Waals surface area contributed by atoms with Crippen LogP contribution < -0.4 is 9.64 Å². The average molecular weight is 406 g/mol. The highest BCUT2D eigenvalue weighted by atomic mass is 19.4. The molecule has 156 valence electrons. The van der Waals surface area contributed by atoms with Gasteiger partial charge in [0.05, 0.1) is 18.4 Å².